The van der Waals surface area contributed by atoms with Crippen molar-refractivity contribution >= 4 is 9.84 Å². The molecule has 0 amide bonds. The minimum atomic E-state index is -2.81. The molecule has 3 nitrogen and oxygen atoms in total. The van der Waals surface area contributed by atoms with Gasteiger partial charge in [-0.2, -0.15) is 0 Å². The van der Waals surface area contributed by atoms with Crippen molar-refractivity contribution in [2.24, 2.45) is 0 Å². The summed E-state index contributed by atoms with van der Waals surface area (Å²) in [6.45, 7) is 0.880. The monoisotopic (exact) mass is 176 g/mol. The predicted octanol–water partition coefficient (Wildman–Crippen LogP) is 0.354. The van der Waals surface area contributed by atoms with Gasteiger partial charge in [0, 0.05) is 0 Å². The molecule has 2 aliphatic rings. The van der Waals surface area contributed by atoms with Crippen LogP contribution in [0.5, 0.6) is 0 Å². The Kier molecular flexibility index (Phi) is 1.51. The zero-order valence-electron chi connectivity index (χ0n) is 6.38. The molecule has 0 aromatic heterocycles. The van der Waals surface area contributed by atoms with Crippen molar-refractivity contribution in [3.05, 3.63) is 0 Å². The summed E-state index contributed by atoms with van der Waals surface area (Å²) in [5.74, 6) is 0.371. The van der Waals surface area contributed by atoms with Crippen molar-refractivity contribution in [2.45, 2.75) is 24.0 Å². The third-order valence-corrected chi connectivity index (χ3v) is 5.27. The van der Waals surface area contributed by atoms with Crippen molar-refractivity contribution in [3.63, 3.8) is 0 Å². The van der Waals surface area contributed by atoms with Crippen LogP contribution in [0, 0.1) is 0 Å². The number of ether oxygens (including phenoxy) is 1. The Balaban J connectivity index is 2.29. The van der Waals surface area contributed by atoms with Crippen molar-refractivity contribution in [1.82, 2.24) is 0 Å². The Bertz CT molecular complexity index is 251. The van der Waals surface area contributed by atoms with Gasteiger partial charge in [-0.25, -0.2) is 8.42 Å². The predicted molar refractivity (Wildman–Crippen MR) is 41.2 cm³/mol. The normalized spacial score (nSPS) is 33.1. The van der Waals surface area contributed by atoms with Crippen LogP contribution in [0.3, 0.4) is 0 Å². The highest BCUT2D eigenvalue weighted by Crippen LogP contribution is 2.36. The summed E-state index contributed by atoms with van der Waals surface area (Å²) < 4.78 is 27.5. The fraction of sp³-hybridized carbons (Fsp3) is 1.00. The summed E-state index contributed by atoms with van der Waals surface area (Å²) in [6, 6.07) is 0. The number of rotatable bonds is 0. The lowest BCUT2D eigenvalue weighted by Crippen LogP contribution is -2.58. The molecule has 11 heavy (non-hydrogen) atoms. The van der Waals surface area contributed by atoms with Crippen LogP contribution >= 0.6 is 0 Å². The first-order valence-corrected chi connectivity index (χ1v) is 5.62. The molecule has 2 aliphatic heterocycles. The lowest BCUT2D eigenvalue weighted by Gasteiger charge is -2.43. The molecule has 2 saturated heterocycles. The first kappa shape index (κ1) is 7.55. The lowest BCUT2D eigenvalue weighted by atomic mass is 9.99. The average molecular weight is 176 g/mol. The molecule has 0 unspecified atom stereocenters. The van der Waals surface area contributed by atoms with Crippen LogP contribution in [0.15, 0.2) is 0 Å². The van der Waals surface area contributed by atoms with E-state index in [0.29, 0.717) is 19.0 Å². The smallest absolute Gasteiger partial charge is 0.160 e. The van der Waals surface area contributed by atoms with Gasteiger partial charge in [-0.15, -0.1) is 0 Å². The molecular formula is C7H12O3S. The molecule has 0 N–H and O–H groups in total. The van der Waals surface area contributed by atoms with Crippen molar-refractivity contribution in [3.8, 4) is 0 Å². The maximum atomic E-state index is 11.5. The Labute approximate surface area is 66.7 Å². The summed E-state index contributed by atoms with van der Waals surface area (Å²) in [6.07, 6.45) is 2.70. The van der Waals surface area contributed by atoms with E-state index in [1.807, 2.05) is 0 Å². The van der Waals surface area contributed by atoms with Crippen LogP contribution in [-0.4, -0.2) is 32.1 Å². The molecule has 0 aliphatic carbocycles. The van der Waals surface area contributed by atoms with Crippen LogP contribution in [-0.2, 0) is 14.6 Å². The Morgan fingerprint density at radius 2 is 1.91 bits per heavy atom. The highest BCUT2D eigenvalue weighted by molar-refractivity contribution is 7.92. The molecule has 2 fully saturated rings. The fourth-order valence-corrected chi connectivity index (χ4v) is 3.76. The van der Waals surface area contributed by atoms with E-state index < -0.39 is 14.6 Å². The molecule has 64 valence electrons. The van der Waals surface area contributed by atoms with Gasteiger partial charge in [-0.3, -0.25) is 0 Å². The fourth-order valence-electron chi connectivity index (χ4n) is 1.76. The van der Waals surface area contributed by atoms with E-state index in [9.17, 15) is 8.42 Å². The van der Waals surface area contributed by atoms with E-state index in [2.05, 4.69) is 0 Å². The molecule has 0 saturated carbocycles. The second-order valence-electron chi connectivity index (χ2n) is 3.45. The maximum absolute atomic E-state index is 11.5. The zero-order valence-corrected chi connectivity index (χ0v) is 7.19. The van der Waals surface area contributed by atoms with Crippen molar-refractivity contribution in [2.75, 3.05) is 19.0 Å². The van der Waals surface area contributed by atoms with Gasteiger partial charge in [-0.05, 0) is 12.8 Å². The Morgan fingerprint density at radius 1 is 1.18 bits per heavy atom. The third-order valence-electron chi connectivity index (χ3n) is 2.69. The molecule has 0 aromatic rings. The van der Waals surface area contributed by atoms with Gasteiger partial charge in [0.05, 0.1) is 19.0 Å². The second-order valence-corrected chi connectivity index (χ2v) is 5.96. The van der Waals surface area contributed by atoms with E-state index in [1.165, 1.54) is 0 Å². The van der Waals surface area contributed by atoms with Gasteiger partial charge in [0.1, 0.15) is 4.75 Å². The van der Waals surface area contributed by atoms with Crippen molar-refractivity contribution < 1.29 is 13.2 Å². The van der Waals surface area contributed by atoms with Crippen LogP contribution in [0.2, 0.25) is 0 Å². The molecule has 2 heterocycles. The molecule has 0 aromatic carbocycles. The summed E-state index contributed by atoms with van der Waals surface area (Å²) >= 11 is 0. The Hall–Kier alpha value is -0.0900. The van der Waals surface area contributed by atoms with Gasteiger partial charge in [-0.1, -0.05) is 6.42 Å². The molecule has 2 rings (SSSR count). The number of sulfone groups is 1. The molecule has 0 atom stereocenters. The van der Waals surface area contributed by atoms with E-state index in [1.54, 1.807) is 0 Å². The van der Waals surface area contributed by atoms with E-state index in [4.69, 9.17) is 4.74 Å². The molecule has 0 radical (unpaired) electrons. The van der Waals surface area contributed by atoms with Gasteiger partial charge in [0.2, 0.25) is 0 Å². The van der Waals surface area contributed by atoms with Crippen LogP contribution in [0.1, 0.15) is 19.3 Å². The van der Waals surface area contributed by atoms with Gasteiger partial charge >= 0.3 is 0 Å². The van der Waals surface area contributed by atoms with Gasteiger partial charge in [0.25, 0.3) is 0 Å². The number of hydrogen-bond donors (Lipinski definition) is 0. The quantitative estimate of drug-likeness (QED) is 0.535. The first-order valence-electron chi connectivity index (χ1n) is 3.96. The van der Waals surface area contributed by atoms with E-state index in [-0.39, 0.29) is 0 Å². The van der Waals surface area contributed by atoms with E-state index in [0.717, 1.165) is 19.3 Å². The highest BCUT2D eigenvalue weighted by Gasteiger charge is 2.51. The van der Waals surface area contributed by atoms with Gasteiger partial charge < -0.3 is 4.74 Å². The topological polar surface area (TPSA) is 43.4 Å². The summed E-state index contributed by atoms with van der Waals surface area (Å²) in [5, 5.41) is 0. The lowest BCUT2D eigenvalue weighted by molar-refractivity contribution is -0.0199. The van der Waals surface area contributed by atoms with Crippen LogP contribution in [0.25, 0.3) is 0 Å². The average Bonchev–Trinajstić information content (AvgIpc) is 1.83. The summed E-state index contributed by atoms with van der Waals surface area (Å²) in [5.41, 5.74) is 0. The zero-order chi connectivity index (χ0) is 7.95. The van der Waals surface area contributed by atoms with Crippen molar-refractivity contribution in [1.29, 1.82) is 0 Å². The largest absolute Gasteiger partial charge is 0.378 e. The first-order chi connectivity index (χ1) is 5.16. The molecule has 4 heteroatoms. The minimum Gasteiger partial charge on any atom is -0.378 e. The molecule has 1 spiro atoms. The standard InChI is InChI=1S/C7H12O3S/c8-11(9)4-2-1-3-7(11)5-10-6-7/h1-6H2. The maximum Gasteiger partial charge on any atom is 0.160 e. The van der Waals surface area contributed by atoms with Crippen LogP contribution < -0.4 is 0 Å². The molecular weight excluding hydrogens is 164 g/mol. The SMILES string of the molecule is O=S1(=O)CCCCC12COC2. The third kappa shape index (κ3) is 0.924. The summed E-state index contributed by atoms with van der Waals surface area (Å²) in [7, 11) is -2.81. The Morgan fingerprint density at radius 3 is 2.27 bits per heavy atom. The number of hydrogen-bond acceptors (Lipinski definition) is 3. The summed E-state index contributed by atoms with van der Waals surface area (Å²) in [4.78, 5) is 0. The highest BCUT2D eigenvalue weighted by atomic mass is 32.2. The van der Waals surface area contributed by atoms with E-state index >= 15 is 0 Å². The van der Waals surface area contributed by atoms with Crippen LogP contribution in [0.4, 0.5) is 0 Å². The molecule has 0 bridgehead atoms. The van der Waals surface area contributed by atoms with Gasteiger partial charge in [0.15, 0.2) is 9.84 Å². The minimum absolute atomic E-state index is 0.371. The second kappa shape index (κ2) is 2.20.